The Morgan fingerprint density at radius 3 is 1.41 bits per heavy atom. The zero-order valence-corrected chi connectivity index (χ0v) is 38.6. The summed E-state index contributed by atoms with van der Waals surface area (Å²) in [5.74, 6) is -0.573. The average molecular weight is 890 g/mol. The predicted molar refractivity (Wildman–Crippen MR) is 254 cm³/mol. The van der Waals surface area contributed by atoms with Gasteiger partial charge in [-0.1, -0.05) is 84.0 Å². The summed E-state index contributed by atoms with van der Waals surface area (Å²) in [5, 5.41) is 17.9. The van der Waals surface area contributed by atoms with Gasteiger partial charge in [-0.25, -0.2) is 9.97 Å². The quantitative estimate of drug-likeness (QED) is 0.0809. The number of hydrogen-bond acceptors (Lipinski definition) is 11. The summed E-state index contributed by atoms with van der Waals surface area (Å²) in [6, 6.07) is 23.8. The molecule has 3 aromatic carbocycles. The van der Waals surface area contributed by atoms with Crippen molar-refractivity contribution in [1.82, 2.24) is 19.8 Å². The Hall–Kier alpha value is -5.80. The van der Waals surface area contributed by atoms with Gasteiger partial charge in [-0.15, -0.1) is 22.7 Å². The van der Waals surface area contributed by atoms with Crippen molar-refractivity contribution in [3.63, 3.8) is 0 Å². The van der Waals surface area contributed by atoms with Crippen molar-refractivity contribution in [3.8, 4) is 0 Å². The molecule has 2 saturated heterocycles. The highest BCUT2D eigenvalue weighted by molar-refractivity contribution is 7.13. The first-order chi connectivity index (χ1) is 30.1. The van der Waals surface area contributed by atoms with Gasteiger partial charge < -0.3 is 36.0 Å². The number of nitrogens with one attached hydrogen (secondary N) is 4. The number of carbonyl (C=O) groups is 4. The smallest absolute Gasteiger partial charge is 0.247 e. The second kappa shape index (κ2) is 19.7. The van der Waals surface area contributed by atoms with Gasteiger partial charge in [0.15, 0.2) is 10.3 Å². The minimum absolute atomic E-state index is 0.0960. The number of para-hydroxylation sites is 1. The second-order valence-electron chi connectivity index (χ2n) is 18.5. The van der Waals surface area contributed by atoms with Crippen LogP contribution in [0.4, 0.5) is 27.3 Å². The van der Waals surface area contributed by atoms with Crippen LogP contribution in [-0.2, 0) is 32.3 Å². The fourth-order valence-electron chi connectivity index (χ4n) is 8.23. The average Bonchev–Trinajstić information content (AvgIpc) is 4.11. The van der Waals surface area contributed by atoms with Gasteiger partial charge in [0.2, 0.25) is 23.6 Å². The first-order valence-corrected chi connectivity index (χ1v) is 23.4. The van der Waals surface area contributed by atoms with Crippen LogP contribution in [0, 0.1) is 10.8 Å². The molecule has 1 unspecified atom stereocenters. The van der Waals surface area contributed by atoms with Crippen LogP contribution >= 0.6 is 22.7 Å². The topological polar surface area (TPSA) is 152 Å². The number of likely N-dealkylation sites (tertiary alicyclic amines) is 2. The van der Waals surface area contributed by atoms with E-state index >= 15 is 0 Å². The lowest BCUT2D eigenvalue weighted by Gasteiger charge is -2.35. The number of hydrogen-bond donors (Lipinski definition) is 4. The number of nitrogens with zero attached hydrogens (tertiary/aromatic N) is 5. The Morgan fingerprint density at radius 1 is 0.635 bits per heavy atom. The lowest BCUT2D eigenvalue weighted by Crippen LogP contribution is -2.53. The van der Waals surface area contributed by atoms with Crippen LogP contribution in [0.2, 0.25) is 0 Å². The molecule has 2 aliphatic heterocycles. The molecule has 2 fully saturated rings. The summed E-state index contributed by atoms with van der Waals surface area (Å²) < 4.78 is 0. The summed E-state index contributed by atoms with van der Waals surface area (Å²) in [6.45, 7) is 14.4. The molecule has 13 nitrogen and oxygen atoms in total. The number of rotatable bonds is 15. The lowest BCUT2D eigenvalue weighted by molar-refractivity contribution is -0.139. The van der Waals surface area contributed by atoms with Crippen molar-refractivity contribution in [2.75, 3.05) is 39.3 Å². The lowest BCUT2D eigenvalue weighted by atomic mass is 9.85. The first-order valence-electron chi connectivity index (χ1n) is 21.7. The number of benzene rings is 3. The molecule has 2 aliphatic rings. The molecular formula is C48H59N9O4S2. The monoisotopic (exact) mass is 889 g/mol. The van der Waals surface area contributed by atoms with Crippen molar-refractivity contribution in [1.29, 1.82) is 0 Å². The highest BCUT2D eigenvalue weighted by Gasteiger charge is 2.43. The van der Waals surface area contributed by atoms with E-state index in [-0.39, 0.29) is 23.6 Å². The van der Waals surface area contributed by atoms with Gasteiger partial charge in [0.1, 0.15) is 24.2 Å². The maximum Gasteiger partial charge on any atom is 0.247 e. The number of aromatic nitrogens is 2. The summed E-state index contributed by atoms with van der Waals surface area (Å²) >= 11 is 2.90. The van der Waals surface area contributed by atoms with Crippen LogP contribution in [0.5, 0.6) is 0 Å². The van der Waals surface area contributed by atoms with Gasteiger partial charge in [-0.05, 0) is 84.0 Å². The van der Waals surface area contributed by atoms with E-state index in [2.05, 4.69) is 48.3 Å². The molecule has 5 aromatic rings. The summed E-state index contributed by atoms with van der Waals surface area (Å²) in [4.78, 5) is 69.6. The molecule has 0 aliphatic carbocycles. The van der Waals surface area contributed by atoms with Crippen LogP contribution in [0.25, 0.3) is 0 Å². The van der Waals surface area contributed by atoms with Crippen LogP contribution in [0.1, 0.15) is 78.4 Å². The largest absolute Gasteiger partial charge is 0.363 e. The number of thiazole rings is 2. The van der Waals surface area contributed by atoms with Gasteiger partial charge in [-0.3, -0.25) is 19.2 Å². The van der Waals surface area contributed by atoms with Gasteiger partial charge in [-0.2, -0.15) is 0 Å². The summed E-state index contributed by atoms with van der Waals surface area (Å²) in [5.41, 5.74) is 3.74. The summed E-state index contributed by atoms with van der Waals surface area (Å²) in [6.07, 6.45) is 6.15. The molecule has 4 N–H and O–H groups in total. The molecule has 0 bridgehead atoms. The third kappa shape index (κ3) is 11.4. The maximum absolute atomic E-state index is 13.9. The molecule has 2 aromatic heterocycles. The van der Waals surface area contributed by atoms with E-state index in [0.717, 1.165) is 29.7 Å². The van der Waals surface area contributed by atoms with Gasteiger partial charge in [0.25, 0.3) is 0 Å². The van der Waals surface area contributed by atoms with E-state index in [9.17, 15) is 19.2 Å². The van der Waals surface area contributed by atoms with Crippen molar-refractivity contribution >= 4 is 73.6 Å². The first kappa shape index (κ1) is 45.2. The van der Waals surface area contributed by atoms with Crippen molar-refractivity contribution in [3.05, 3.63) is 113 Å². The van der Waals surface area contributed by atoms with E-state index in [1.165, 1.54) is 22.7 Å². The number of amides is 4. The summed E-state index contributed by atoms with van der Waals surface area (Å²) in [7, 11) is 0. The Bertz CT molecular complexity index is 2150. The Labute approximate surface area is 378 Å². The fourth-order valence-corrected chi connectivity index (χ4v) is 9.34. The van der Waals surface area contributed by atoms with Crippen molar-refractivity contribution in [2.24, 2.45) is 10.8 Å². The molecule has 4 atom stereocenters. The standard InChI is InChI=1S/C48H59N9O4S2/c1-47(2,3)39(53-45-49-24-28-62-45)43(60)56-26-10-14-37(56)41(58)51-34-20-16-32(17-21-34)30-55(36-12-8-7-9-13-36)31-33-18-22-35(23-19-33)52-42(59)38-15-11-27-57(38)44(61)40(48(4,5)6)54-46-50-25-29-63-46/h7-9,12-13,16-25,28-29,37-40H,10-11,14-15,26-27,30-31H2,1-6H3,(H,49,53)(H,50,54)(H,51,58)(H,52,59)/t37-,38?,39+,40+/m0/s1. The zero-order chi connectivity index (χ0) is 44.7. The van der Waals surface area contributed by atoms with E-state index in [4.69, 9.17) is 0 Å². The Morgan fingerprint density at radius 2 is 1.05 bits per heavy atom. The van der Waals surface area contributed by atoms with Crippen LogP contribution in [-0.4, -0.2) is 80.7 Å². The molecule has 15 heteroatoms. The SMILES string of the molecule is CC(C)(C)[C@H](Nc1nccs1)C(=O)N1CCCC1C(=O)Nc1ccc(CN(Cc2ccc(NC(=O)[C@@H]3CCCN3C(=O)[C@@H](Nc3nccs3)C(C)(C)C)cc2)c2ccccc2)cc1. The fraction of sp³-hybridized carbons (Fsp3) is 0.417. The molecule has 0 spiro atoms. The number of anilines is 5. The molecule has 332 valence electrons. The van der Waals surface area contributed by atoms with Crippen molar-refractivity contribution < 1.29 is 19.2 Å². The maximum atomic E-state index is 13.9. The highest BCUT2D eigenvalue weighted by atomic mass is 32.1. The molecule has 4 heterocycles. The molecule has 4 amide bonds. The third-order valence-corrected chi connectivity index (χ3v) is 13.0. The minimum Gasteiger partial charge on any atom is -0.363 e. The second-order valence-corrected chi connectivity index (χ2v) is 20.3. The van der Waals surface area contributed by atoms with E-state index < -0.39 is 35.0 Å². The molecule has 0 saturated carbocycles. The predicted octanol–water partition coefficient (Wildman–Crippen LogP) is 8.72. The molecule has 63 heavy (non-hydrogen) atoms. The zero-order valence-electron chi connectivity index (χ0n) is 37.0. The molecule has 7 rings (SSSR count). The van der Waals surface area contributed by atoms with E-state index in [1.54, 1.807) is 22.2 Å². The Balaban J connectivity index is 0.964. The highest BCUT2D eigenvalue weighted by Crippen LogP contribution is 2.32. The molecule has 0 radical (unpaired) electrons. The normalized spacial score (nSPS) is 17.5. The van der Waals surface area contributed by atoms with Crippen molar-refractivity contribution in [2.45, 2.75) is 104 Å². The van der Waals surface area contributed by atoms with Crippen LogP contribution in [0.3, 0.4) is 0 Å². The van der Waals surface area contributed by atoms with Gasteiger partial charge >= 0.3 is 0 Å². The van der Waals surface area contributed by atoms with E-state index in [1.807, 2.05) is 119 Å². The molecular weight excluding hydrogens is 831 g/mol. The Kier molecular flexibility index (Phi) is 14.2. The minimum atomic E-state index is -0.557. The number of carbonyl (C=O) groups excluding carboxylic acids is 4. The van der Waals surface area contributed by atoms with Gasteiger partial charge in [0.05, 0.1) is 0 Å². The third-order valence-electron chi connectivity index (χ3n) is 11.6. The van der Waals surface area contributed by atoms with Gasteiger partial charge in [0, 0.05) is 66.4 Å². The van der Waals surface area contributed by atoms with Crippen LogP contribution < -0.4 is 26.2 Å². The van der Waals surface area contributed by atoms with E-state index in [0.29, 0.717) is 60.7 Å². The van der Waals surface area contributed by atoms with Crippen LogP contribution in [0.15, 0.2) is 102 Å².